The normalized spacial score (nSPS) is 15.2. The van der Waals surface area contributed by atoms with Crippen molar-refractivity contribution in [1.82, 2.24) is 20.2 Å². The number of benzene rings is 2. The highest BCUT2D eigenvalue weighted by atomic mass is 35.5. The fourth-order valence-electron chi connectivity index (χ4n) is 4.34. The van der Waals surface area contributed by atoms with E-state index in [9.17, 15) is 4.79 Å². The molecule has 2 aromatic heterocycles. The van der Waals surface area contributed by atoms with Gasteiger partial charge in [-0.25, -0.2) is 4.98 Å². The van der Waals surface area contributed by atoms with Crippen LogP contribution in [0.1, 0.15) is 22.0 Å². The van der Waals surface area contributed by atoms with Crippen LogP contribution >= 0.6 is 11.6 Å². The Hall–Kier alpha value is -3.32. The third-order valence-corrected chi connectivity index (χ3v) is 6.37. The minimum absolute atomic E-state index is 0.0241. The van der Waals surface area contributed by atoms with Crippen LogP contribution in [0.3, 0.4) is 0 Å². The van der Waals surface area contributed by atoms with Gasteiger partial charge in [-0.3, -0.25) is 14.7 Å². The topological polar surface area (TPSA) is 67.4 Å². The molecule has 1 aliphatic rings. The van der Waals surface area contributed by atoms with Crippen LogP contribution in [0.2, 0.25) is 5.02 Å². The van der Waals surface area contributed by atoms with Crippen molar-refractivity contribution in [1.29, 1.82) is 0 Å². The maximum Gasteiger partial charge on any atom is 0.252 e. The minimum atomic E-state index is -0.129. The number of rotatable bonds is 6. The van der Waals surface area contributed by atoms with Gasteiger partial charge in [-0.1, -0.05) is 41.9 Å². The molecular weight excluding hydrogens is 448 g/mol. The molecular formula is C27H25ClN4O2. The smallest absolute Gasteiger partial charge is 0.252 e. The number of nitrogens with one attached hydrogen (secondary N) is 1. The number of amides is 1. The van der Waals surface area contributed by atoms with Crippen LogP contribution in [0.25, 0.3) is 22.2 Å². The summed E-state index contributed by atoms with van der Waals surface area (Å²) in [5.41, 5.74) is 4.08. The molecule has 0 bridgehead atoms. The number of hydrogen-bond donors (Lipinski definition) is 1. The first kappa shape index (κ1) is 22.5. The molecule has 1 N–H and O–H groups in total. The van der Waals surface area contributed by atoms with Crippen molar-refractivity contribution in [3.63, 3.8) is 0 Å². The number of hydrogen-bond acceptors (Lipinski definition) is 5. The molecule has 0 aliphatic carbocycles. The number of para-hydroxylation sites is 1. The Morgan fingerprint density at radius 1 is 1.06 bits per heavy atom. The Balaban J connectivity index is 1.44. The highest BCUT2D eigenvalue weighted by Crippen LogP contribution is 2.26. The predicted molar refractivity (Wildman–Crippen MR) is 134 cm³/mol. The standard InChI is InChI=1S/C27H25ClN4O2/c28-21-9-7-19(8-10-21)26(32-12-14-34-15-13-32)18-30-27(33)23-16-25(20-4-3-11-29-17-20)31-24-6-2-1-5-22(23)24/h1-11,16-17,26H,12-15,18H2,(H,30,33). The molecule has 3 heterocycles. The SMILES string of the molecule is O=C(NCC(c1ccc(Cl)cc1)N1CCOCC1)c1cc(-c2cccnc2)nc2ccccc12. The van der Waals surface area contributed by atoms with Crippen LogP contribution in [-0.2, 0) is 4.74 Å². The summed E-state index contributed by atoms with van der Waals surface area (Å²) in [6, 6.07) is 21.2. The molecule has 0 saturated carbocycles. The van der Waals surface area contributed by atoms with Gasteiger partial charge in [0.05, 0.1) is 36.0 Å². The van der Waals surface area contributed by atoms with Crippen molar-refractivity contribution in [2.45, 2.75) is 6.04 Å². The summed E-state index contributed by atoms with van der Waals surface area (Å²) in [6.45, 7) is 3.46. The molecule has 4 aromatic rings. The molecule has 172 valence electrons. The Bertz CT molecular complexity index is 1280. The Morgan fingerprint density at radius 3 is 2.62 bits per heavy atom. The molecule has 5 rings (SSSR count). The summed E-state index contributed by atoms with van der Waals surface area (Å²) >= 11 is 6.12. The molecule has 1 unspecified atom stereocenters. The maximum atomic E-state index is 13.5. The van der Waals surface area contributed by atoms with Crippen LogP contribution in [0.4, 0.5) is 0 Å². The molecule has 1 amide bonds. The number of morpholine rings is 1. The van der Waals surface area contributed by atoms with Gasteiger partial charge in [0.25, 0.3) is 5.91 Å². The molecule has 0 radical (unpaired) electrons. The van der Waals surface area contributed by atoms with Crippen molar-refractivity contribution in [2.24, 2.45) is 0 Å². The van der Waals surface area contributed by atoms with Crippen molar-refractivity contribution >= 4 is 28.4 Å². The Kier molecular flexibility index (Phi) is 6.81. The third-order valence-electron chi connectivity index (χ3n) is 6.12. The molecule has 1 aliphatic heterocycles. The van der Waals surface area contributed by atoms with E-state index in [-0.39, 0.29) is 11.9 Å². The highest BCUT2D eigenvalue weighted by molar-refractivity contribution is 6.30. The van der Waals surface area contributed by atoms with Gasteiger partial charge in [0.1, 0.15) is 0 Å². The van der Waals surface area contributed by atoms with Crippen molar-refractivity contribution in [2.75, 3.05) is 32.8 Å². The van der Waals surface area contributed by atoms with Gasteiger partial charge in [0, 0.05) is 48.0 Å². The van der Waals surface area contributed by atoms with Gasteiger partial charge >= 0.3 is 0 Å². The van der Waals surface area contributed by atoms with E-state index in [2.05, 4.69) is 15.2 Å². The van der Waals surface area contributed by atoms with Gasteiger partial charge in [-0.05, 0) is 42.0 Å². The second-order valence-electron chi connectivity index (χ2n) is 8.24. The summed E-state index contributed by atoms with van der Waals surface area (Å²) in [6.07, 6.45) is 3.48. The van der Waals surface area contributed by atoms with E-state index < -0.39 is 0 Å². The van der Waals surface area contributed by atoms with E-state index in [1.807, 2.05) is 66.7 Å². The largest absolute Gasteiger partial charge is 0.379 e. The summed E-state index contributed by atoms with van der Waals surface area (Å²) < 4.78 is 5.54. The lowest BCUT2D eigenvalue weighted by atomic mass is 10.0. The zero-order chi connectivity index (χ0) is 23.3. The summed E-state index contributed by atoms with van der Waals surface area (Å²) in [7, 11) is 0. The monoisotopic (exact) mass is 472 g/mol. The van der Waals surface area contributed by atoms with E-state index in [1.165, 1.54) is 0 Å². The molecule has 1 saturated heterocycles. The van der Waals surface area contributed by atoms with Gasteiger partial charge in [-0.15, -0.1) is 0 Å². The number of ether oxygens (including phenoxy) is 1. The van der Waals surface area contributed by atoms with E-state index in [0.717, 1.165) is 40.8 Å². The first-order valence-electron chi connectivity index (χ1n) is 11.3. The first-order valence-corrected chi connectivity index (χ1v) is 11.7. The average Bonchev–Trinajstić information content (AvgIpc) is 2.90. The molecule has 6 nitrogen and oxygen atoms in total. The molecule has 1 fully saturated rings. The van der Waals surface area contributed by atoms with Crippen LogP contribution in [0.5, 0.6) is 0 Å². The summed E-state index contributed by atoms with van der Waals surface area (Å²) in [5.74, 6) is -0.129. The van der Waals surface area contributed by atoms with E-state index in [1.54, 1.807) is 12.4 Å². The van der Waals surface area contributed by atoms with Crippen molar-refractivity contribution in [3.8, 4) is 11.3 Å². The quantitative estimate of drug-likeness (QED) is 0.438. The van der Waals surface area contributed by atoms with Crippen LogP contribution in [0.15, 0.2) is 79.1 Å². The lowest BCUT2D eigenvalue weighted by Gasteiger charge is -2.35. The number of carbonyl (C=O) groups is 1. The summed E-state index contributed by atoms with van der Waals surface area (Å²) in [4.78, 5) is 24.8. The van der Waals surface area contributed by atoms with Crippen LogP contribution in [0, 0.1) is 0 Å². The second-order valence-corrected chi connectivity index (χ2v) is 8.68. The number of carbonyl (C=O) groups excluding carboxylic acids is 1. The van der Waals surface area contributed by atoms with Gasteiger partial charge in [0.2, 0.25) is 0 Å². The van der Waals surface area contributed by atoms with Gasteiger partial charge < -0.3 is 10.1 Å². The Morgan fingerprint density at radius 2 is 1.85 bits per heavy atom. The van der Waals surface area contributed by atoms with Crippen LogP contribution < -0.4 is 5.32 Å². The van der Waals surface area contributed by atoms with E-state index in [0.29, 0.717) is 30.3 Å². The van der Waals surface area contributed by atoms with Gasteiger partial charge in [-0.2, -0.15) is 0 Å². The van der Waals surface area contributed by atoms with Gasteiger partial charge in [0.15, 0.2) is 0 Å². The number of fused-ring (bicyclic) bond motifs is 1. The second kappa shape index (κ2) is 10.3. The average molecular weight is 473 g/mol. The van der Waals surface area contributed by atoms with E-state index in [4.69, 9.17) is 21.3 Å². The lowest BCUT2D eigenvalue weighted by Crippen LogP contribution is -2.43. The minimum Gasteiger partial charge on any atom is -0.379 e. The number of halogens is 1. The third kappa shape index (κ3) is 4.94. The lowest BCUT2D eigenvalue weighted by molar-refractivity contribution is 0.0162. The fourth-order valence-corrected chi connectivity index (χ4v) is 4.47. The first-order chi connectivity index (χ1) is 16.7. The predicted octanol–water partition coefficient (Wildman–Crippen LogP) is 4.75. The molecule has 0 spiro atoms. The number of nitrogens with zero attached hydrogens (tertiary/aromatic N) is 3. The van der Waals surface area contributed by atoms with E-state index >= 15 is 0 Å². The van der Waals surface area contributed by atoms with Crippen LogP contribution in [-0.4, -0.2) is 53.6 Å². The molecule has 7 heteroatoms. The fraction of sp³-hybridized carbons (Fsp3) is 0.222. The summed E-state index contributed by atoms with van der Waals surface area (Å²) in [5, 5.41) is 4.70. The van der Waals surface area contributed by atoms with Crippen molar-refractivity contribution in [3.05, 3.63) is 95.3 Å². The maximum absolute atomic E-state index is 13.5. The molecule has 1 atom stereocenters. The number of aromatic nitrogens is 2. The zero-order valence-corrected chi connectivity index (χ0v) is 19.4. The number of pyridine rings is 2. The zero-order valence-electron chi connectivity index (χ0n) is 18.7. The Labute approximate surface area is 203 Å². The highest BCUT2D eigenvalue weighted by Gasteiger charge is 2.24. The van der Waals surface area contributed by atoms with Crippen molar-refractivity contribution < 1.29 is 9.53 Å². The molecule has 2 aromatic carbocycles. The molecule has 34 heavy (non-hydrogen) atoms.